The topological polar surface area (TPSA) is 81.8 Å². The third kappa shape index (κ3) is 4.82. The molecule has 0 unspecified atom stereocenters. The van der Waals surface area contributed by atoms with Crippen molar-refractivity contribution in [3.8, 4) is 0 Å². The summed E-state index contributed by atoms with van der Waals surface area (Å²) in [6, 6.07) is 9.02. The standard InChI is InChI=1S/C23H36N4O3S/c1-22(2)9-7-19(8-10-22)26-14-11-23(12-15-26)20-6-4-3-5-18(20)17-27(21(23)28)16-13-24-25-31(29)30/h3-6,19,24,31H,7-17H2,1-2H3,(H,25,29,30). The summed E-state index contributed by atoms with van der Waals surface area (Å²) in [5.74, 6) is 0.198. The fraction of sp³-hybridized carbons (Fsp3) is 0.696. The van der Waals surface area contributed by atoms with Crippen molar-refractivity contribution in [3.63, 3.8) is 0 Å². The Morgan fingerprint density at radius 2 is 1.74 bits per heavy atom. The van der Waals surface area contributed by atoms with E-state index >= 15 is 0 Å². The molecular weight excluding hydrogens is 412 g/mol. The summed E-state index contributed by atoms with van der Waals surface area (Å²) in [5.41, 5.74) is 5.12. The number of nitrogens with one attached hydrogen (secondary N) is 2. The fourth-order valence-electron chi connectivity index (χ4n) is 5.82. The van der Waals surface area contributed by atoms with E-state index in [-0.39, 0.29) is 5.91 Å². The van der Waals surface area contributed by atoms with Crippen molar-refractivity contribution in [1.29, 1.82) is 0 Å². The van der Waals surface area contributed by atoms with Gasteiger partial charge in [-0.05, 0) is 68.2 Å². The largest absolute Gasteiger partial charge is 0.336 e. The van der Waals surface area contributed by atoms with Crippen molar-refractivity contribution in [2.45, 2.75) is 70.4 Å². The predicted molar refractivity (Wildman–Crippen MR) is 122 cm³/mol. The average molecular weight is 449 g/mol. The van der Waals surface area contributed by atoms with E-state index in [1.807, 2.05) is 11.0 Å². The molecule has 172 valence electrons. The van der Waals surface area contributed by atoms with Gasteiger partial charge in [-0.1, -0.05) is 38.1 Å². The number of benzene rings is 1. The molecule has 1 saturated heterocycles. The molecule has 7 nitrogen and oxygen atoms in total. The molecule has 1 aromatic carbocycles. The lowest BCUT2D eigenvalue weighted by Gasteiger charge is -2.50. The quantitative estimate of drug-likeness (QED) is 0.352. The van der Waals surface area contributed by atoms with Gasteiger partial charge in [0.1, 0.15) is 0 Å². The van der Waals surface area contributed by atoms with Crippen LogP contribution in [-0.4, -0.2) is 56.3 Å². The molecule has 31 heavy (non-hydrogen) atoms. The first-order chi connectivity index (χ1) is 14.8. The van der Waals surface area contributed by atoms with Gasteiger partial charge in [0.2, 0.25) is 16.8 Å². The van der Waals surface area contributed by atoms with Crippen LogP contribution in [-0.2, 0) is 27.6 Å². The maximum Gasteiger partial charge on any atom is 0.233 e. The molecule has 2 heterocycles. The minimum Gasteiger partial charge on any atom is -0.336 e. The summed E-state index contributed by atoms with van der Waals surface area (Å²) >= 11 is 0. The first-order valence-corrected chi connectivity index (χ1v) is 12.7. The third-order valence-electron chi connectivity index (χ3n) is 7.74. The van der Waals surface area contributed by atoms with Crippen molar-refractivity contribution in [2.75, 3.05) is 26.2 Å². The van der Waals surface area contributed by atoms with Gasteiger partial charge >= 0.3 is 0 Å². The van der Waals surface area contributed by atoms with E-state index in [4.69, 9.17) is 0 Å². The zero-order chi connectivity index (χ0) is 22.1. The van der Waals surface area contributed by atoms with Crippen LogP contribution in [0.15, 0.2) is 24.3 Å². The summed E-state index contributed by atoms with van der Waals surface area (Å²) in [6.45, 7) is 8.14. The minimum atomic E-state index is -2.69. The smallest absolute Gasteiger partial charge is 0.233 e. The van der Waals surface area contributed by atoms with E-state index < -0.39 is 16.3 Å². The Morgan fingerprint density at radius 1 is 1.06 bits per heavy atom. The second kappa shape index (κ2) is 9.17. The van der Waals surface area contributed by atoms with Crippen LogP contribution in [0.5, 0.6) is 0 Å². The molecule has 0 aromatic heterocycles. The highest BCUT2D eigenvalue weighted by molar-refractivity contribution is 7.70. The highest BCUT2D eigenvalue weighted by Crippen LogP contribution is 2.44. The maximum absolute atomic E-state index is 13.7. The molecule has 2 fully saturated rings. The minimum absolute atomic E-state index is 0.198. The van der Waals surface area contributed by atoms with E-state index in [1.54, 1.807) is 0 Å². The molecule has 1 aliphatic carbocycles. The van der Waals surface area contributed by atoms with Gasteiger partial charge in [0.15, 0.2) is 0 Å². The predicted octanol–water partition coefficient (Wildman–Crippen LogP) is 1.95. The molecule has 3 aliphatic rings. The Labute approximate surface area is 187 Å². The number of nitrogens with zero attached hydrogens (tertiary/aromatic N) is 2. The highest BCUT2D eigenvalue weighted by Gasteiger charge is 2.49. The van der Waals surface area contributed by atoms with E-state index in [0.29, 0.717) is 31.1 Å². The Bertz CT molecular complexity index is 859. The molecule has 1 amide bonds. The van der Waals surface area contributed by atoms with Gasteiger partial charge in [-0.25, -0.2) is 13.8 Å². The summed E-state index contributed by atoms with van der Waals surface area (Å²) in [5, 5.41) is 0. The van der Waals surface area contributed by atoms with E-state index in [9.17, 15) is 13.2 Å². The molecule has 4 rings (SSSR count). The molecule has 1 spiro atoms. The molecular formula is C23H36N4O3S. The molecule has 0 atom stereocenters. The summed E-state index contributed by atoms with van der Waals surface area (Å²) in [6.07, 6.45) is 6.80. The Balaban J connectivity index is 1.46. The molecule has 2 aliphatic heterocycles. The zero-order valence-corrected chi connectivity index (χ0v) is 19.6. The molecule has 0 radical (unpaired) electrons. The lowest BCUT2D eigenvalue weighted by atomic mass is 9.67. The van der Waals surface area contributed by atoms with Crippen molar-refractivity contribution in [3.05, 3.63) is 35.4 Å². The number of hydrogen-bond donors (Lipinski definition) is 3. The lowest BCUT2D eigenvalue weighted by molar-refractivity contribution is -0.142. The molecule has 2 N–H and O–H groups in total. The van der Waals surface area contributed by atoms with E-state index in [1.165, 1.54) is 36.8 Å². The molecule has 1 saturated carbocycles. The number of likely N-dealkylation sites (tertiary alicyclic amines) is 1. The Kier molecular flexibility index (Phi) is 6.72. The van der Waals surface area contributed by atoms with Crippen molar-refractivity contribution >= 4 is 16.8 Å². The molecule has 1 aromatic rings. The number of rotatable bonds is 6. The summed E-state index contributed by atoms with van der Waals surface area (Å²) in [4.78, 5) is 20.4. The number of hydrogen-bond acceptors (Lipinski definition) is 5. The number of carbonyl (C=O) groups is 1. The lowest BCUT2D eigenvalue weighted by Crippen LogP contribution is -2.58. The maximum atomic E-state index is 13.7. The monoisotopic (exact) mass is 448 g/mol. The summed E-state index contributed by atoms with van der Waals surface area (Å²) in [7, 11) is -2.69. The SMILES string of the molecule is CC1(C)CCC(N2CCC3(CC2)C(=O)N(CCNN[SH](=O)=O)Cc2ccccc23)CC1. The number of fused-ring (bicyclic) bond motifs is 2. The van der Waals surface area contributed by atoms with Crippen LogP contribution < -0.4 is 10.3 Å². The van der Waals surface area contributed by atoms with Gasteiger partial charge in [0.25, 0.3) is 0 Å². The van der Waals surface area contributed by atoms with E-state index in [0.717, 1.165) is 25.9 Å². The van der Waals surface area contributed by atoms with Crippen LogP contribution in [0.4, 0.5) is 0 Å². The highest BCUT2D eigenvalue weighted by atomic mass is 32.2. The Hall–Kier alpha value is -1.48. The first kappa shape index (κ1) is 22.7. The Morgan fingerprint density at radius 3 is 2.42 bits per heavy atom. The van der Waals surface area contributed by atoms with Crippen LogP contribution >= 0.6 is 0 Å². The van der Waals surface area contributed by atoms with Gasteiger partial charge in [-0.2, -0.15) is 4.83 Å². The van der Waals surface area contributed by atoms with Crippen LogP contribution in [0.3, 0.4) is 0 Å². The number of amides is 1. The zero-order valence-electron chi connectivity index (χ0n) is 18.7. The van der Waals surface area contributed by atoms with Crippen molar-refractivity contribution in [2.24, 2.45) is 5.41 Å². The van der Waals surface area contributed by atoms with Crippen LogP contribution in [0.2, 0.25) is 0 Å². The number of carbonyl (C=O) groups excluding carboxylic acids is 1. The van der Waals surface area contributed by atoms with Gasteiger partial charge < -0.3 is 9.80 Å². The summed E-state index contributed by atoms with van der Waals surface area (Å²) < 4.78 is 21.4. The first-order valence-electron chi connectivity index (χ1n) is 11.6. The van der Waals surface area contributed by atoms with Gasteiger partial charge in [0, 0.05) is 25.7 Å². The number of thiol groups is 1. The number of piperidine rings is 1. The van der Waals surface area contributed by atoms with Gasteiger partial charge in [-0.15, -0.1) is 0 Å². The van der Waals surface area contributed by atoms with Crippen LogP contribution in [0.25, 0.3) is 0 Å². The van der Waals surface area contributed by atoms with Crippen molar-refractivity contribution in [1.82, 2.24) is 20.1 Å². The van der Waals surface area contributed by atoms with Crippen LogP contribution in [0.1, 0.15) is 63.5 Å². The normalized spacial score (nSPS) is 24.0. The molecule has 0 bridgehead atoms. The van der Waals surface area contributed by atoms with Gasteiger partial charge in [-0.3, -0.25) is 4.79 Å². The fourth-order valence-corrected chi connectivity index (χ4v) is 6.06. The average Bonchev–Trinajstić information content (AvgIpc) is 2.75. The van der Waals surface area contributed by atoms with Crippen molar-refractivity contribution < 1.29 is 13.2 Å². The van der Waals surface area contributed by atoms with Crippen LogP contribution in [0, 0.1) is 5.41 Å². The van der Waals surface area contributed by atoms with Gasteiger partial charge in [0.05, 0.1) is 5.41 Å². The second-order valence-corrected chi connectivity index (χ2v) is 10.9. The van der Waals surface area contributed by atoms with E-state index in [2.05, 4.69) is 47.2 Å². The molecule has 8 heteroatoms. The second-order valence-electron chi connectivity index (χ2n) is 10.2. The third-order valence-corrected chi connectivity index (χ3v) is 8.09. The number of hydrazine groups is 1.